The Bertz CT molecular complexity index is 1060. The van der Waals surface area contributed by atoms with Gasteiger partial charge in [-0.1, -0.05) is 30.3 Å². The fraction of sp³-hybridized carbons (Fsp3) is 0.350. The third-order valence-electron chi connectivity index (χ3n) is 5.18. The van der Waals surface area contributed by atoms with E-state index in [4.69, 9.17) is 0 Å². The second kappa shape index (κ2) is 7.51. The zero-order valence-electron chi connectivity index (χ0n) is 16.4. The van der Waals surface area contributed by atoms with E-state index in [2.05, 4.69) is 20.8 Å². The molecule has 158 valence electrons. The molecule has 0 saturated carbocycles. The number of hydrogen-bond acceptors (Lipinski definition) is 4. The number of alkyl halides is 3. The van der Waals surface area contributed by atoms with E-state index >= 15 is 0 Å². The Balaban J connectivity index is 1.57. The maximum absolute atomic E-state index is 13.7. The Morgan fingerprint density at radius 1 is 1.27 bits per heavy atom. The summed E-state index contributed by atoms with van der Waals surface area (Å²) in [4.78, 5) is 12.5. The highest BCUT2D eigenvalue weighted by Gasteiger charge is 2.46. The molecule has 0 saturated heterocycles. The van der Waals surface area contributed by atoms with E-state index < -0.39 is 24.2 Å². The molecule has 3 aromatic rings. The van der Waals surface area contributed by atoms with Crippen LogP contribution in [0.1, 0.15) is 45.8 Å². The van der Waals surface area contributed by atoms with Crippen LogP contribution in [0, 0.1) is 6.92 Å². The van der Waals surface area contributed by atoms with Crippen molar-refractivity contribution >= 4 is 11.7 Å². The van der Waals surface area contributed by atoms with Crippen LogP contribution in [0.15, 0.2) is 42.6 Å². The molecule has 1 aliphatic heterocycles. The Hall–Kier alpha value is -3.30. The molecule has 2 atom stereocenters. The Morgan fingerprint density at radius 3 is 2.63 bits per heavy atom. The van der Waals surface area contributed by atoms with Crippen LogP contribution in [-0.4, -0.2) is 31.6 Å². The van der Waals surface area contributed by atoms with Gasteiger partial charge < -0.3 is 10.6 Å². The lowest BCUT2D eigenvalue weighted by atomic mass is 9.97. The van der Waals surface area contributed by atoms with Crippen molar-refractivity contribution in [2.45, 2.75) is 38.1 Å². The van der Waals surface area contributed by atoms with Gasteiger partial charge >= 0.3 is 6.18 Å². The van der Waals surface area contributed by atoms with Crippen molar-refractivity contribution in [3.63, 3.8) is 0 Å². The molecule has 2 N–H and O–H groups in total. The summed E-state index contributed by atoms with van der Waals surface area (Å²) in [5.74, 6) is -0.376. The van der Waals surface area contributed by atoms with Crippen LogP contribution in [0.5, 0.6) is 0 Å². The summed E-state index contributed by atoms with van der Waals surface area (Å²) >= 11 is 0. The average Bonchev–Trinajstić information content (AvgIpc) is 3.27. The number of amides is 1. The van der Waals surface area contributed by atoms with E-state index in [0.29, 0.717) is 0 Å². The number of benzene rings is 1. The van der Waals surface area contributed by atoms with Crippen molar-refractivity contribution in [2.24, 2.45) is 7.05 Å². The predicted octanol–water partition coefficient (Wildman–Crippen LogP) is 3.52. The number of aromatic nitrogens is 4. The highest BCUT2D eigenvalue weighted by Crippen LogP contribution is 2.43. The van der Waals surface area contributed by atoms with E-state index in [1.54, 1.807) is 42.2 Å². The number of fused-ring (bicyclic) bond motifs is 1. The molecule has 1 amide bonds. The first-order valence-electron chi connectivity index (χ1n) is 9.47. The normalized spacial score (nSPS) is 18.6. The lowest BCUT2D eigenvalue weighted by molar-refractivity contribution is -0.173. The van der Waals surface area contributed by atoms with Crippen molar-refractivity contribution < 1.29 is 18.0 Å². The summed E-state index contributed by atoms with van der Waals surface area (Å²) in [5.41, 5.74) is 2.27. The molecule has 0 spiro atoms. The van der Waals surface area contributed by atoms with Gasteiger partial charge in [0.2, 0.25) is 0 Å². The molecule has 7 nitrogen and oxygen atoms in total. The SMILES string of the molecule is Cc1nn(C)cc1CNC(=O)c1cc2n(n1)[C@H](C(F)(F)F)C[C@H](c1ccccc1)N2. The molecular weight excluding hydrogens is 397 g/mol. The first-order chi connectivity index (χ1) is 14.2. The quantitative estimate of drug-likeness (QED) is 0.680. The largest absolute Gasteiger partial charge is 0.410 e. The van der Waals surface area contributed by atoms with E-state index in [0.717, 1.165) is 21.5 Å². The Morgan fingerprint density at radius 2 is 2.00 bits per heavy atom. The standard InChI is InChI=1S/C20H21F3N6O/c1-12-14(11-28(2)26-12)10-24-19(30)16-9-18-25-15(13-6-4-3-5-7-13)8-17(20(21,22)23)29(18)27-16/h3-7,9,11,15,17,25H,8,10H2,1-2H3,(H,24,30)/t15-,17+/m1/s1. The van der Waals surface area contributed by atoms with Crippen molar-refractivity contribution in [3.05, 3.63) is 65.1 Å². The number of halogens is 3. The minimum absolute atomic E-state index is 0.0676. The highest BCUT2D eigenvalue weighted by molar-refractivity contribution is 5.93. The van der Waals surface area contributed by atoms with Gasteiger partial charge in [0.1, 0.15) is 5.82 Å². The summed E-state index contributed by atoms with van der Waals surface area (Å²) in [5, 5.41) is 13.9. The van der Waals surface area contributed by atoms with Gasteiger partial charge in [0.25, 0.3) is 5.91 Å². The van der Waals surface area contributed by atoms with Crippen LogP contribution >= 0.6 is 0 Å². The van der Waals surface area contributed by atoms with Crippen LogP contribution in [0.25, 0.3) is 0 Å². The molecule has 1 aromatic carbocycles. The first kappa shape index (κ1) is 20.0. The third-order valence-corrected chi connectivity index (χ3v) is 5.18. The van der Waals surface area contributed by atoms with Gasteiger partial charge in [0.05, 0.1) is 11.7 Å². The molecule has 4 rings (SSSR count). The van der Waals surface area contributed by atoms with Gasteiger partial charge in [-0.05, 0) is 12.5 Å². The van der Waals surface area contributed by atoms with Crippen molar-refractivity contribution in [1.82, 2.24) is 24.9 Å². The van der Waals surface area contributed by atoms with Crippen molar-refractivity contribution in [2.75, 3.05) is 5.32 Å². The molecule has 0 aliphatic carbocycles. The van der Waals surface area contributed by atoms with Gasteiger partial charge in [-0.2, -0.15) is 23.4 Å². The number of hydrogen-bond donors (Lipinski definition) is 2. The number of carbonyl (C=O) groups is 1. The second-order valence-electron chi connectivity index (χ2n) is 7.36. The molecule has 30 heavy (non-hydrogen) atoms. The van der Waals surface area contributed by atoms with Crippen LogP contribution in [0.4, 0.5) is 19.0 Å². The topological polar surface area (TPSA) is 76.8 Å². The van der Waals surface area contributed by atoms with Crippen molar-refractivity contribution in [3.8, 4) is 0 Å². The third kappa shape index (κ3) is 3.89. The minimum Gasteiger partial charge on any atom is -0.363 e. The van der Waals surface area contributed by atoms with Gasteiger partial charge in [0.15, 0.2) is 11.7 Å². The fourth-order valence-corrected chi connectivity index (χ4v) is 3.68. The maximum Gasteiger partial charge on any atom is 0.410 e. The molecular formula is C20H21F3N6O. The Labute approximate surface area is 170 Å². The summed E-state index contributed by atoms with van der Waals surface area (Å²) in [6, 6.07) is 7.94. The number of nitrogens with zero attached hydrogens (tertiary/aromatic N) is 4. The van der Waals surface area contributed by atoms with Gasteiger partial charge in [0, 0.05) is 37.8 Å². The smallest absolute Gasteiger partial charge is 0.363 e. The minimum atomic E-state index is -4.49. The highest BCUT2D eigenvalue weighted by atomic mass is 19.4. The number of rotatable bonds is 4. The Kier molecular flexibility index (Phi) is 5.00. The fourth-order valence-electron chi connectivity index (χ4n) is 3.68. The lowest BCUT2D eigenvalue weighted by Gasteiger charge is -2.33. The van der Waals surface area contributed by atoms with Crippen LogP contribution in [0.2, 0.25) is 0 Å². The number of anilines is 1. The van der Waals surface area contributed by atoms with E-state index in [1.807, 2.05) is 13.0 Å². The monoisotopic (exact) mass is 418 g/mol. The number of carbonyl (C=O) groups excluding carboxylic acids is 1. The van der Waals surface area contributed by atoms with Gasteiger partial charge in [-0.3, -0.25) is 9.48 Å². The first-order valence-corrected chi connectivity index (χ1v) is 9.47. The summed E-state index contributed by atoms with van der Waals surface area (Å²) in [7, 11) is 1.77. The number of nitrogens with one attached hydrogen (secondary N) is 2. The second-order valence-corrected chi connectivity index (χ2v) is 7.36. The zero-order valence-corrected chi connectivity index (χ0v) is 16.4. The maximum atomic E-state index is 13.7. The molecule has 10 heteroatoms. The van der Waals surface area contributed by atoms with Gasteiger partial charge in [-0.15, -0.1) is 0 Å². The van der Waals surface area contributed by atoms with Crippen LogP contribution in [0.3, 0.4) is 0 Å². The number of aryl methyl sites for hydroxylation is 2. The molecule has 0 bridgehead atoms. The summed E-state index contributed by atoms with van der Waals surface area (Å²) < 4.78 is 43.7. The molecule has 3 heterocycles. The van der Waals surface area contributed by atoms with Crippen LogP contribution < -0.4 is 10.6 Å². The zero-order chi connectivity index (χ0) is 21.5. The summed E-state index contributed by atoms with van der Waals surface area (Å²) in [6.07, 6.45) is -2.92. The molecule has 1 aliphatic rings. The molecule has 0 fully saturated rings. The van der Waals surface area contributed by atoms with Crippen molar-refractivity contribution in [1.29, 1.82) is 0 Å². The average molecular weight is 418 g/mol. The lowest BCUT2D eigenvalue weighted by Crippen LogP contribution is -2.35. The molecule has 0 radical (unpaired) electrons. The van der Waals surface area contributed by atoms with Crippen LogP contribution in [-0.2, 0) is 13.6 Å². The molecule has 0 unspecified atom stereocenters. The van der Waals surface area contributed by atoms with E-state index in [1.165, 1.54) is 6.07 Å². The summed E-state index contributed by atoms with van der Waals surface area (Å²) in [6.45, 7) is 2.03. The molecule has 2 aromatic heterocycles. The van der Waals surface area contributed by atoms with Gasteiger partial charge in [-0.25, -0.2) is 4.68 Å². The van der Waals surface area contributed by atoms with E-state index in [9.17, 15) is 18.0 Å². The predicted molar refractivity (Wildman–Crippen MR) is 104 cm³/mol. The van der Waals surface area contributed by atoms with E-state index in [-0.39, 0.29) is 24.5 Å².